The molecular weight excluding hydrogens is 228 g/mol. The summed E-state index contributed by atoms with van der Waals surface area (Å²) >= 11 is 0. The van der Waals surface area contributed by atoms with Crippen molar-refractivity contribution in [1.82, 2.24) is 10.3 Å². The molecule has 0 amide bonds. The first-order valence-electron chi connectivity index (χ1n) is 6.77. The summed E-state index contributed by atoms with van der Waals surface area (Å²) in [7, 11) is 1.73. The van der Waals surface area contributed by atoms with Gasteiger partial charge in [0.2, 0.25) is 0 Å². The van der Waals surface area contributed by atoms with E-state index in [1.165, 1.54) is 0 Å². The number of rotatable bonds is 9. The second kappa shape index (κ2) is 8.27. The smallest absolute Gasteiger partial charge is 0.194 e. The first kappa shape index (κ1) is 15.2. The SMILES string of the molecule is COCC(C)Cc1cnc(CCCNC(C)C)o1. The van der Waals surface area contributed by atoms with E-state index in [2.05, 4.69) is 31.1 Å². The number of hydrogen-bond donors (Lipinski definition) is 1. The van der Waals surface area contributed by atoms with Gasteiger partial charge in [0.25, 0.3) is 0 Å². The molecule has 1 unspecified atom stereocenters. The van der Waals surface area contributed by atoms with E-state index in [1.807, 2.05) is 6.20 Å². The third-order valence-corrected chi connectivity index (χ3v) is 2.72. The average molecular weight is 254 g/mol. The minimum absolute atomic E-state index is 0.471. The Morgan fingerprint density at radius 2 is 2.17 bits per heavy atom. The molecule has 4 heteroatoms. The Balaban J connectivity index is 2.25. The van der Waals surface area contributed by atoms with Gasteiger partial charge in [-0.3, -0.25) is 0 Å². The summed E-state index contributed by atoms with van der Waals surface area (Å²) < 4.78 is 10.8. The van der Waals surface area contributed by atoms with Crippen LogP contribution >= 0.6 is 0 Å². The Labute approximate surface area is 110 Å². The third kappa shape index (κ3) is 6.17. The van der Waals surface area contributed by atoms with Crippen LogP contribution < -0.4 is 5.32 Å². The number of nitrogens with zero attached hydrogens (tertiary/aromatic N) is 1. The molecule has 0 spiro atoms. The van der Waals surface area contributed by atoms with Gasteiger partial charge in [0.05, 0.1) is 6.20 Å². The van der Waals surface area contributed by atoms with E-state index in [0.29, 0.717) is 12.0 Å². The molecule has 1 atom stereocenters. The lowest BCUT2D eigenvalue weighted by Crippen LogP contribution is -2.23. The summed E-state index contributed by atoms with van der Waals surface area (Å²) in [5, 5.41) is 3.39. The molecule has 0 saturated heterocycles. The highest BCUT2D eigenvalue weighted by Crippen LogP contribution is 2.11. The van der Waals surface area contributed by atoms with Crippen LogP contribution in [-0.2, 0) is 17.6 Å². The van der Waals surface area contributed by atoms with E-state index in [4.69, 9.17) is 9.15 Å². The molecule has 0 saturated carbocycles. The Morgan fingerprint density at radius 1 is 1.39 bits per heavy atom. The van der Waals surface area contributed by atoms with Crippen molar-refractivity contribution in [3.63, 3.8) is 0 Å². The van der Waals surface area contributed by atoms with Crippen molar-refractivity contribution in [2.75, 3.05) is 20.3 Å². The van der Waals surface area contributed by atoms with Gasteiger partial charge in [-0.1, -0.05) is 20.8 Å². The van der Waals surface area contributed by atoms with Crippen LogP contribution in [0.15, 0.2) is 10.6 Å². The van der Waals surface area contributed by atoms with Crippen LogP contribution in [0.25, 0.3) is 0 Å². The summed E-state index contributed by atoms with van der Waals surface area (Å²) in [6, 6.07) is 0.542. The molecule has 0 radical (unpaired) electrons. The molecule has 1 aromatic heterocycles. The van der Waals surface area contributed by atoms with Crippen molar-refractivity contribution in [2.24, 2.45) is 5.92 Å². The van der Waals surface area contributed by atoms with Gasteiger partial charge in [-0.05, 0) is 18.9 Å². The third-order valence-electron chi connectivity index (χ3n) is 2.72. The van der Waals surface area contributed by atoms with Gasteiger partial charge < -0.3 is 14.5 Å². The number of aryl methyl sites for hydroxylation is 1. The molecule has 0 aliphatic carbocycles. The lowest BCUT2D eigenvalue weighted by molar-refractivity contribution is 0.156. The molecule has 1 rings (SSSR count). The van der Waals surface area contributed by atoms with Gasteiger partial charge in [-0.2, -0.15) is 0 Å². The molecule has 0 fully saturated rings. The monoisotopic (exact) mass is 254 g/mol. The topological polar surface area (TPSA) is 47.3 Å². The van der Waals surface area contributed by atoms with Crippen LogP contribution in [0, 0.1) is 5.92 Å². The number of hydrogen-bond acceptors (Lipinski definition) is 4. The number of oxazole rings is 1. The van der Waals surface area contributed by atoms with Crippen LogP contribution in [0.4, 0.5) is 0 Å². The lowest BCUT2D eigenvalue weighted by atomic mass is 10.1. The average Bonchev–Trinajstić information content (AvgIpc) is 2.72. The van der Waals surface area contributed by atoms with Gasteiger partial charge in [0.1, 0.15) is 5.76 Å². The van der Waals surface area contributed by atoms with Gasteiger partial charge in [0.15, 0.2) is 5.89 Å². The molecule has 0 aliphatic rings. The highest BCUT2D eigenvalue weighted by Gasteiger charge is 2.08. The van der Waals surface area contributed by atoms with E-state index in [9.17, 15) is 0 Å². The molecule has 104 valence electrons. The Morgan fingerprint density at radius 3 is 2.83 bits per heavy atom. The van der Waals surface area contributed by atoms with Crippen LogP contribution in [0.1, 0.15) is 38.8 Å². The predicted molar refractivity (Wildman–Crippen MR) is 72.7 cm³/mol. The van der Waals surface area contributed by atoms with Gasteiger partial charge in [-0.25, -0.2) is 4.98 Å². The van der Waals surface area contributed by atoms with Crippen molar-refractivity contribution >= 4 is 0 Å². The first-order chi connectivity index (χ1) is 8.61. The Hall–Kier alpha value is -0.870. The molecule has 0 bridgehead atoms. The van der Waals surface area contributed by atoms with Crippen LogP contribution in [0.3, 0.4) is 0 Å². The quantitative estimate of drug-likeness (QED) is 0.688. The molecule has 18 heavy (non-hydrogen) atoms. The minimum atomic E-state index is 0.471. The van der Waals surface area contributed by atoms with E-state index >= 15 is 0 Å². The maximum absolute atomic E-state index is 5.71. The summed E-state index contributed by atoms with van der Waals surface area (Å²) in [6.07, 6.45) is 4.70. The lowest BCUT2D eigenvalue weighted by Gasteiger charge is -2.07. The van der Waals surface area contributed by atoms with Crippen molar-refractivity contribution in [2.45, 2.75) is 46.1 Å². The van der Waals surface area contributed by atoms with Crippen LogP contribution in [0.5, 0.6) is 0 Å². The van der Waals surface area contributed by atoms with Crippen LogP contribution in [-0.4, -0.2) is 31.3 Å². The second-order valence-corrected chi connectivity index (χ2v) is 5.20. The minimum Gasteiger partial charge on any atom is -0.446 e. The Kier molecular flexibility index (Phi) is 6.98. The van der Waals surface area contributed by atoms with Gasteiger partial charge in [-0.15, -0.1) is 0 Å². The van der Waals surface area contributed by atoms with Gasteiger partial charge in [0, 0.05) is 32.6 Å². The number of ether oxygens (including phenoxy) is 1. The molecular formula is C14H26N2O2. The largest absolute Gasteiger partial charge is 0.446 e. The molecule has 1 N–H and O–H groups in total. The van der Waals surface area contributed by atoms with E-state index < -0.39 is 0 Å². The first-order valence-corrected chi connectivity index (χ1v) is 6.77. The molecule has 0 aromatic carbocycles. The predicted octanol–water partition coefficient (Wildman–Crippen LogP) is 2.43. The zero-order valence-electron chi connectivity index (χ0n) is 12.0. The van der Waals surface area contributed by atoms with Gasteiger partial charge >= 0.3 is 0 Å². The fourth-order valence-electron chi connectivity index (χ4n) is 1.88. The number of nitrogens with one attached hydrogen (secondary N) is 1. The van der Waals surface area contributed by atoms with E-state index in [1.54, 1.807) is 7.11 Å². The highest BCUT2D eigenvalue weighted by molar-refractivity contribution is 4.95. The molecule has 0 aliphatic heterocycles. The molecule has 1 heterocycles. The molecule has 4 nitrogen and oxygen atoms in total. The normalized spacial score (nSPS) is 13.2. The van der Waals surface area contributed by atoms with Crippen molar-refractivity contribution in [3.8, 4) is 0 Å². The van der Waals surface area contributed by atoms with Crippen molar-refractivity contribution in [1.29, 1.82) is 0 Å². The standard InChI is InChI=1S/C14H26N2O2/c1-11(2)15-7-5-6-14-16-9-13(18-14)8-12(3)10-17-4/h9,11-12,15H,5-8,10H2,1-4H3. The maximum atomic E-state index is 5.71. The fourth-order valence-corrected chi connectivity index (χ4v) is 1.88. The van der Waals surface area contributed by atoms with Crippen LogP contribution in [0.2, 0.25) is 0 Å². The maximum Gasteiger partial charge on any atom is 0.194 e. The van der Waals surface area contributed by atoms with E-state index in [-0.39, 0.29) is 0 Å². The van der Waals surface area contributed by atoms with Crippen molar-refractivity contribution in [3.05, 3.63) is 17.8 Å². The zero-order chi connectivity index (χ0) is 13.4. The highest BCUT2D eigenvalue weighted by atomic mass is 16.5. The van der Waals surface area contributed by atoms with E-state index in [0.717, 1.165) is 44.1 Å². The zero-order valence-corrected chi connectivity index (χ0v) is 12.0. The Bertz CT molecular complexity index is 323. The fraction of sp³-hybridized carbons (Fsp3) is 0.786. The second-order valence-electron chi connectivity index (χ2n) is 5.20. The number of methoxy groups -OCH3 is 1. The summed E-state index contributed by atoms with van der Waals surface area (Å²) in [4.78, 5) is 4.31. The summed E-state index contributed by atoms with van der Waals surface area (Å²) in [5.41, 5.74) is 0. The summed E-state index contributed by atoms with van der Waals surface area (Å²) in [5.74, 6) is 2.28. The molecule has 1 aromatic rings. The number of aromatic nitrogens is 1. The van der Waals surface area contributed by atoms with Crippen molar-refractivity contribution < 1.29 is 9.15 Å². The summed E-state index contributed by atoms with van der Waals surface area (Å²) in [6.45, 7) is 8.23.